The van der Waals surface area contributed by atoms with Crippen molar-refractivity contribution in [1.82, 2.24) is 19.9 Å². The van der Waals surface area contributed by atoms with E-state index in [9.17, 15) is 4.79 Å². The summed E-state index contributed by atoms with van der Waals surface area (Å²) in [5.41, 5.74) is 2.88. The molecule has 2 rings (SSSR count). The van der Waals surface area contributed by atoms with Crippen molar-refractivity contribution in [3.05, 3.63) is 29.2 Å². The zero-order chi connectivity index (χ0) is 14.7. The normalized spacial score (nSPS) is 12.6. The van der Waals surface area contributed by atoms with Crippen molar-refractivity contribution in [3.8, 4) is 0 Å². The minimum atomic E-state index is -0.176. The second-order valence-corrected chi connectivity index (χ2v) is 4.90. The summed E-state index contributed by atoms with van der Waals surface area (Å²) in [7, 11) is 0. The number of carbonyl (C=O) groups is 1. The maximum absolute atomic E-state index is 12.3. The van der Waals surface area contributed by atoms with Crippen LogP contribution in [0, 0.1) is 13.8 Å². The quantitative estimate of drug-likeness (QED) is 0.861. The van der Waals surface area contributed by atoms with Gasteiger partial charge in [-0.3, -0.25) is 4.79 Å². The standard InChI is InChI=1S/C14H20N4O2/c1-4-11(5-6-19)16-14(20)12-8-15-13-7-9(2)17-18(13)10(12)3/h7-8,11,19H,4-6H2,1-3H3,(H,16,20). The van der Waals surface area contributed by atoms with Crippen molar-refractivity contribution in [2.45, 2.75) is 39.7 Å². The highest BCUT2D eigenvalue weighted by molar-refractivity contribution is 5.95. The molecule has 6 heteroatoms. The second kappa shape index (κ2) is 6.00. The number of hydrogen-bond acceptors (Lipinski definition) is 4. The van der Waals surface area contributed by atoms with Crippen molar-refractivity contribution < 1.29 is 9.90 Å². The van der Waals surface area contributed by atoms with E-state index < -0.39 is 0 Å². The van der Waals surface area contributed by atoms with Crippen LogP contribution in [0.2, 0.25) is 0 Å². The topological polar surface area (TPSA) is 79.5 Å². The molecule has 0 aliphatic heterocycles. The van der Waals surface area contributed by atoms with Gasteiger partial charge in [-0.1, -0.05) is 6.92 Å². The van der Waals surface area contributed by atoms with Gasteiger partial charge in [0.15, 0.2) is 5.65 Å². The summed E-state index contributed by atoms with van der Waals surface area (Å²) >= 11 is 0. The molecule has 20 heavy (non-hydrogen) atoms. The van der Waals surface area contributed by atoms with E-state index in [2.05, 4.69) is 15.4 Å². The Balaban J connectivity index is 2.27. The fraction of sp³-hybridized carbons (Fsp3) is 0.500. The van der Waals surface area contributed by atoms with Gasteiger partial charge >= 0.3 is 0 Å². The van der Waals surface area contributed by atoms with Gasteiger partial charge in [0.2, 0.25) is 0 Å². The predicted molar refractivity (Wildman–Crippen MR) is 75.7 cm³/mol. The Morgan fingerprint density at radius 1 is 1.50 bits per heavy atom. The van der Waals surface area contributed by atoms with E-state index in [0.29, 0.717) is 12.0 Å². The Morgan fingerprint density at radius 2 is 2.25 bits per heavy atom. The summed E-state index contributed by atoms with van der Waals surface area (Å²) in [5.74, 6) is -0.176. The third-order valence-corrected chi connectivity index (χ3v) is 3.40. The number of aryl methyl sites for hydroxylation is 2. The molecule has 0 fully saturated rings. The van der Waals surface area contributed by atoms with Crippen LogP contribution in [-0.2, 0) is 0 Å². The molecule has 2 aromatic rings. The Hall–Kier alpha value is -1.95. The molecule has 2 aromatic heterocycles. The molecular formula is C14H20N4O2. The predicted octanol–water partition coefficient (Wildman–Crippen LogP) is 1.24. The lowest BCUT2D eigenvalue weighted by molar-refractivity contribution is 0.0927. The Bertz CT molecular complexity index is 621. The van der Waals surface area contributed by atoms with E-state index in [1.807, 2.05) is 26.8 Å². The lowest BCUT2D eigenvalue weighted by Crippen LogP contribution is -2.35. The van der Waals surface area contributed by atoms with Gasteiger partial charge in [-0.2, -0.15) is 5.10 Å². The van der Waals surface area contributed by atoms with E-state index >= 15 is 0 Å². The maximum Gasteiger partial charge on any atom is 0.254 e. The summed E-state index contributed by atoms with van der Waals surface area (Å²) in [5, 5.41) is 16.2. The Kier molecular flexibility index (Phi) is 4.34. The number of aliphatic hydroxyl groups is 1. The lowest BCUT2D eigenvalue weighted by Gasteiger charge is -2.16. The SMILES string of the molecule is CCC(CCO)NC(=O)c1cnc2cc(C)nn2c1C. The average Bonchev–Trinajstić information content (AvgIpc) is 2.80. The van der Waals surface area contributed by atoms with Crippen molar-refractivity contribution >= 4 is 11.6 Å². The van der Waals surface area contributed by atoms with E-state index in [1.54, 1.807) is 10.7 Å². The zero-order valence-corrected chi connectivity index (χ0v) is 12.1. The highest BCUT2D eigenvalue weighted by Gasteiger charge is 2.16. The molecule has 2 heterocycles. The van der Waals surface area contributed by atoms with Crippen LogP contribution >= 0.6 is 0 Å². The number of aromatic nitrogens is 3. The highest BCUT2D eigenvalue weighted by atomic mass is 16.3. The monoisotopic (exact) mass is 276 g/mol. The number of amides is 1. The van der Waals surface area contributed by atoms with Crippen LogP contribution in [0.3, 0.4) is 0 Å². The molecule has 108 valence electrons. The molecule has 2 N–H and O–H groups in total. The molecule has 0 bridgehead atoms. The van der Waals surface area contributed by atoms with Crippen LogP contribution < -0.4 is 5.32 Å². The summed E-state index contributed by atoms with van der Waals surface area (Å²) in [4.78, 5) is 16.5. The maximum atomic E-state index is 12.3. The smallest absolute Gasteiger partial charge is 0.254 e. The fourth-order valence-electron chi connectivity index (χ4n) is 2.18. The molecule has 1 unspecified atom stereocenters. The Labute approximate surface area is 117 Å². The van der Waals surface area contributed by atoms with E-state index in [1.165, 1.54) is 0 Å². The van der Waals surface area contributed by atoms with Gasteiger partial charge in [0.25, 0.3) is 5.91 Å². The van der Waals surface area contributed by atoms with Crippen LogP contribution in [-0.4, -0.2) is 38.3 Å². The van der Waals surface area contributed by atoms with Crippen LogP contribution in [0.4, 0.5) is 0 Å². The van der Waals surface area contributed by atoms with Crippen LogP contribution in [0.1, 0.15) is 41.5 Å². The van der Waals surface area contributed by atoms with Crippen LogP contribution in [0.25, 0.3) is 5.65 Å². The van der Waals surface area contributed by atoms with E-state index in [-0.39, 0.29) is 18.6 Å². The number of fused-ring (bicyclic) bond motifs is 1. The van der Waals surface area contributed by atoms with Gasteiger partial charge in [0.05, 0.1) is 17.0 Å². The van der Waals surface area contributed by atoms with E-state index in [0.717, 1.165) is 23.5 Å². The summed E-state index contributed by atoms with van der Waals surface area (Å²) in [6, 6.07) is 1.84. The van der Waals surface area contributed by atoms with Crippen molar-refractivity contribution in [2.24, 2.45) is 0 Å². The van der Waals surface area contributed by atoms with Gasteiger partial charge in [-0.15, -0.1) is 0 Å². The third kappa shape index (κ3) is 2.80. The number of rotatable bonds is 5. The zero-order valence-electron chi connectivity index (χ0n) is 12.1. The minimum Gasteiger partial charge on any atom is -0.396 e. The first-order valence-electron chi connectivity index (χ1n) is 6.80. The minimum absolute atomic E-state index is 0.0260. The van der Waals surface area contributed by atoms with Gasteiger partial charge < -0.3 is 10.4 Å². The van der Waals surface area contributed by atoms with Gasteiger partial charge in [0.1, 0.15) is 0 Å². The molecule has 0 saturated heterocycles. The molecule has 0 spiro atoms. The number of hydrogen-bond donors (Lipinski definition) is 2. The van der Waals surface area contributed by atoms with Gasteiger partial charge in [0, 0.05) is 24.9 Å². The molecule has 0 aromatic carbocycles. The lowest BCUT2D eigenvalue weighted by atomic mass is 10.1. The second-order valence-electron chi connectivity index (χ2n) is 4.90. The number of nitrogens with zero attached hydrogens (tertiary/aromatic N) is 3. The first-order chi connectivity index (χ1) is 9.56. The van der Waals surface area contributed by atoms with Crippen LogP contribution in [0.5, 0.6) is 0 Å². The number of nitrogens with one attached hydrogen (secondary N) is 1. The first-order valence-corrected chi connectivity index (χ1v) is 6.80. The summed E-state index contributed by atoms with van der Waals surface area (Å²) in [6.45, 7) is 5.78. The summed E-state index contributed by atoms with van der Waals surface area (Å²) < 4.78 is 1.68. The van der Waals surface area contributed by atoms with Crippen LogP contribution in [0.15, 0.2) is 12.3 Å². The van der Waals surface area contributed by atoms with Crippen molar-refractivity contribution in [3.63, 3.8) is 0 Å². The van der Waals surface area contributed by atoms with Crippen molar-refractivity contribution in [2.75, 3.05) is 6.61 Å². The third-order valence-electron chi connectivity index (χ3n) is 3.40. The van der Waals surface area contributed by atoms with E-state index in [4.69, 9.17) is 5.11 Å². The summed E-state index contributed by atoms with van der Waals surface area (Å²) in [6.07, 6.45) is 2.91. The molecule has 0 aliphatic rings. The molecule has 0 radical (unpaired) electrons. The highest BCUT2D eigenvalue weighted by Crippen LogP contribution is 2.11. The van der Waals surface area contributed by atoms with Crippen molar-refractivity contribution in [1.29, 1.82) is 0 Å². The molecule has 1 amide bonds. The largest absolute Gasteiger partial charge is 0.396 e. The molecule has 1 atom stereocenters. The molecule has 0 saturated carbocycles. The molecule has 0 aliphatic carbocycles. The number of aliphatic hydroxyl groups excluding tert-OH is 1. The first kappa shape index (κ1) is 14.5. The molecular weight excluding hydrogens is 256 g/mol. The average molecular weight is 276 g/mol. The Morgan fingerprint density at radius 3 is 2.90 bits per heavy atom. The van der Waals surface area contributed by atoms with Gasteiger partial charge in [-0.05, 0) is 26.7 Å². The molecule has 6 nitrogen and oxygen atoms in total. The number of carbonyl (C=O) groups excluding carboxylic acids is 1. The van der Waals surface area contributed by atoms with Gasteiger partial charge in [-0.25, -0.2) is 9.50 Å². The fourth-order valence-corrected chi connectivity index (χ4v) is 2.18.